The van der Waals surface area contributed by atoms with E-state index in [1.54, 1.807) is 0 Å². The molecule has 3 nitrogen and oxygen atoms in total. The van der Waals surface area contributed by atoms with E-state index in [4.69, 9.17) is 5.53 Å². The Balaban J connectivity index is 2.47. The average molecular weight is 205 g/mol. The fourth-order valence-electron chi connectivity index (χ4n) is 1.02. The standard InChI is InChI=1S/C10H11N3S/c11-13-12-7-2-1-4-9-5-3-6-10(14)8-9/h1,3-6,8,14H,2,7H2. The fraction of sp³-hybridized carbons (Fsp3) is 0.200. The van der Waals surface area contributed by atoms with Crippen molar-refractivity contribution >= 4 is 18.7 Å². The molecule has 4 heteroatoms. The number of thiol groups is 1. The summed E-state index contributed by atoms with van der Waals surface area (Å²) in [4.78, 5) is 3.62. The van der Waals surface area contributed by atoms with Gasteiger partial charge in [0.15, 0.2) is 0 Å². The van der Waals surface area contributed by atoms with Gasteiger partial charge >= 0.3 is 0 Å². The maximum atomic E-state index is 8.04. The molecular weight excluding hydrogens is 194 g/mol. The van der Waals surface area contributed by atoms with Crippen LogP contribution in [0.4, 0.5) is 0 Å². The van der Waals surface area contributed by atoms with Crippen molar-refractivity contribution in [2.75, 3.05) is 6.54 Å². The summed E-state index contributed by atoms with van der Waals surface area (Å²) in [5, 5.41) is 3.43. The Morgan fingerprint density at radius 2 is 2.36 bits per heavy atom. The molecule has 1 rings (SSSR count). The van der Waals surface area contributed by atoms with Gasteiger partial charge < -0.3 is 0 Å². The molecule has 0 fully saturated rings. The van der Waals surface area contributed by atoms with E-state index in [1.165, 1.54) is 0 Å². The monoisotopic (exact) mass is 205 g/mol. The van der Waals surface area contributed by atoms with Crippen molar-refractivity contribution < 1.29 is 0 Å². The maximum Gasteiger partial charge on any atom is 0.0292 e. The smallest absolute Gasteiger partial charge is 0.0292 e. The lowest BCUT2D eigenvalue weighted by Crippen LogP contribution is -1.74. The number of rotatable bonds is 4. The van der Waals surface area contributed by atoms with Crippen LogP contribution in [0.3, 0.4) is 0 Å². The summed E-state index contributed by atoms with van der Waals surface area (Å²) in [6, 6.07) is 7.87. The summed E-state index contributed by atoms with van der Waals surface area (Å²) >= 11 is 4.23. The molecule has 0 bridgehead atoms. The van der Waals surface area contributed by atoms with Gasteiger partial charge in [-0.05, 0) is 29.6 Å². The molecule has 72 valence electrons. The van der Waals surface area contributed by atoms with Crippen molar-refractivity contribution in [3.05, 3.63) is 46.3 Å². The molecule has 0 aromatic heterocycles. The van der Waals surface area contributed by atoms with Crippen LogP contribution >= 0.6 is 12.6 Å². The Morgan fingerprint density at radius 3 is 3.07 bits per heavy atom. The molecular formula is C10H11N3S. The Bertz CT molecular complexity index is 367. The third-order valence-electron chi connectivity index (χ3n) is 1.64. The van der Waals surface area contributed by atoms with E-state index in [0.29, 0.717) is 6.54 Å². The first-order chi connectivity index (χ1) is 6.83. The highest BCUT2D eigenvalue weighted by atomic mass is 32.1. The third kappa shape index (κ3) is 4.03. The summed E-state index contributed by atoms with van der Waals surface area (Å²) < 4.78 is 0. The van der Waals surface area contributed by atoms with Crippen LogP contribution in [0.2, 0.25) is 0 Å². The Labute approximate surface area is 88.5 Å². The molecule has 0 N–H and O–H groups in total. The van der Waals surface area contributed by atoms with Gasteiger partial charge in [0.2, 0.25) is 0 Å². The molecule has 0 aliphatic carbocycles. The molecule has 0 aliphatic rings. The molecule has 1 aromatic rings. The highest BCUT2D eigenvalue weighted by molar-refractivity contribution is 7.80. The molecule has 0 spiro atoms. The van der Waals surface area contributed by atoms with Gasteiger partial charge in [0.25, 0.3) is 0 Å². The highest BCUT2D eigenvalue weighted by Crippen LogP contribution is 2.10. The number of nitrogens with zero attached hydrogens (tertiary/aromatic N) is 3. The maximum absolute atomic E-state index is 8.04. The van der Waals surface area contributed by atoms with Crippen molar-refractivity contribution in [3.63, 3.8) is 0 Å². The van der Waals surface area contributed by atoms with E-state index in [2.05, 4.69) is 22.7 Å². The van der Waals surface area contributed by atoms with Crippen LogP contribution < -0.4 is 0 Å². The molecule has 1 aromatic carbocycles. The second-order valence-corrected chi connectivity index (χ2v) is 3.26. The Hall–Kier alpha value is -1.38. The predicted molar refractivity (Wildman–Crippen MR) is 61.4 cm³/mol. The third-order valence-corrected chi connectivity index (χ3v) is 1.92. The quantitative estimate of drug-likeness (QED) is 0.256. The normalized spacial score (nSPS) is 10.1. The lowest BCUT2D eigenvalue weighted by molar-refractivity contribution is 0.995. The molecule has 0 saturated heterocycles. The van der Waals surface area contributed by atoms with Crippen LogP contribution in [0, 0.1) is 0 Å². The van der Waals surface area contributed by atoms with Crippen LogP contribution in [0.25, 0.3) is 16.5 Å². The SMILES string of the molecule is [N-]=[N+]=NCCC=Cc1cccc(S)c1. The van der Waals surface area contributed by atoms with Gasteiger partial charge in [-0.1, -0.05) is 29.4 Å². The van der Waals surface area contributed by atoms with E-state index < -0.39 is 0 Å². The van der Waals surface area contributed by atoms with Crippen LogP contribution in [0.5, 0.6) is 0 Å². The first-order valence-corrected chi connectivity index (χ1v) is 4.74. The van der Waals surface area contributed by atoms with Crippen molar-refractivity contribution in [2.45, 2.75) is 11.3 Å². The van der Waals surface area contributed by atoms with E-state index in [-0.39, 0.29) is 0 Å². The minimum atomic E-state index is 0.508. The van der Waals surface area contributed by atoms with Gasteiger partial charge in [-0.15, -0.1) is 12.6 Å². The first-order valence-electron chi connectivity index (χ1n) is 4.29. The number of hydrogen-bond acceptors (Lipinski definition) is 2. The molecule has 0 unspecified atom stereocenters. The Morgan fingerprint density at radius 1 is 1.50 bits per heavy atom. The summed E-state index contributed by atoms with van der Waals surface area (Å²) in [5.74, 6) is 0. The lowest BCUT2D eigenvalue weighted by Gasteiger charge is -1.94. The summed E-state index contributed by atoms with van der Waals surface area (Å²) in [6.07, 6.45) is 4.74. The van der Waals surface area contributed by atoms with Gasteiger partial charge in [-0.3, -0.25) is 0 Å². The zero-order valence-corrected chi connectivity index (χ0v) is 8.56. The minimum absolute atomic E-state index is 0.508. The molecule has 0 amide bonds. The van der Waals surface area contributed by atoms with E-state index in [9.17, 15) is 0 Å². The van der Waals surface area contributed by atoms with Gasteiger partial charge in [-0.25, -0.2) is 0 Å². The van der Waals surface area contributed by atoms with Crippen molar-refractivity contribution in [2.24, 2.45) is 5.11 Å². The van der Waals surface area contributed by atoms with Crippen LogP contribution in [-0.2, 0) is 0 Å². The van der Waals surface area contributed by atoms with Crippen LogP contribution in [-0.4, -0.2) is 6.54 Å². The summed E-state index contributed by atoms with van der Waals surface area (Å²) in [6.45, 7) is 0.508. The van der Waals surface area contributed by atoms with Crippen molar-refractivity contribution in [3.8, 4) is 0 Å². The van der Waals surface area contributed by atoms with E-state index in [0.717, 1.165) is 16.9 Å². The minimum Gasteiger partial charge on any atom is -0.143 e. The Kier molecular flexibility index (Phi) is 4.69. The number of hydrogen-bond donors (Lipinski definition) is 1. The largest absolute Gasteiger partial charge is 0.143 e. The highest BCUT2D eigenvalue weighted by Gasteiger charge is 1.86. The topological polar surface area (TPSA) is 48.8 Å². The predicted octanol–water partition coefficient (Wildman–Crippen LogP) is 3.69. The van der Waals surface area contributed by atoms with Gasteiger partial charge in [-0.2, -0.15) is 0 Å². The average Bonchev–Trinajstić information content (AvgIpc) is 2.18. The van der Waals surface area contributed by atoms with Crippen molar-refractivity contribution in [1.82, 2.24) is 0 Å². The van der Waals surface area contributed by atoms with Gasteiger partial charge in [0.1, 0.15) is 0 Å². The molecule has 0 aliphatic heterocycles. The summed E-state index contributed by atoms with van der Waals surface area (Å²) in [7, 11) is 0. The molecule has 14 heavy (non-hydrogen) atoms. The van der Waals surface area contributed by atoms with Crippen molar-refractivity contribution in [1.29, 1.82) is 0 Å². The second-order valence-electron chi connectivity index (χ2n) is 2.74. The van der Waals surface area contributed by atoms with E-state index >= 15 is 0 Å². The molecule has 0 saturated carbocycles. The fourth-order valence-corrected chi connectivity index (χ4v) is 1.26. The van der Waals surface area contributed by atoms with Gasteiger partial charge in [0, 0.05) is 16.4 Å². The summed E-state index contributed by atoms with van der Waals surface area (Å²) in [5.41, 5.74) is 9.15. The first kappa shape index (κ1) is 10.7. The molecule has 0 atom stereocenters. The molecule has 0 heterocycles. The number of benzene rings is 1. The molecule has 0 radical (unpaired) electrons. The lowest BCUT2D eigenvalue weighted by atomic mass is 10.2. The second kappa shape index (κ2) is 6.13. The zero-order valence-electron chi connectivity index (χ0n) is 7.67. The van der Waals surface area contributed by atoms with E-state index in [1.807, 2.05) is 36.4 Å². The van der Waals surface area contributed by atoms with Gasteiger partial charge in [0.05, 0.1) is 0 Å². The zero-order chi connectivity index (χ0) is 10.2. The van der Waals surface area contributed by atoms with Crippen LogP contribution in [0.15, 0.2) is 40.4 Å². The van der Waals surface area contributed by atoms with Crippen LogP contribution in [0.1, 0.15) is 12.0 Å². The number of azide groups is 1.